The van der Waals surface area contributed by atoms with Crippen LogP contribution in [0.4, 0.5) is 0 Å². The molecule has 3 nitrogen and oxygen atoms in total. The molecule has 0 N–H and O–H groups in total. The van der Waals surface area contributed by atoms with Crippen molar-refractivity contribution >= 4 is 10.9 Å². The molecule has 144 valence electrons. The minimum Gasteiger partial charge on any atom is -0.493 e. The van der Waals surface area contributed by atoms with Gasteiger partial charge in [0.2, 0.25) is 0 Å². The number of nitrogens with zero attached hydrogens (tertiary/aromatic N) is 2. The van der Waals surface area contributed by atoms with Gasteiger partial charge in [0, 0.05) is 25.4 Å². The highest BCUT2D eigenvalue weighted by Gasteiger charge is 2.10. The lowest BCUT2D eigenvalue weighted by Crippen LogP contribution is -2.21. The van der Waals surface area contributed by atoms with Crippen molar-refractivity contribution in [3.05, 3.63) is 30.5 Å². The van der Waals surface area contributed by atoms with Crippen molar-refractivity contribution in [1.29, 1.82) is 0 Å². The van der Waals surface area contributed by atoms with Crippen molar-refractivity contribution < 1.29 is 4.74 Å². The summed E-state index contributed by atoms with van der Waals surface area (Å²) in [7, 11) is 0. The number of aromatic nitrogens is 1. The number of rotatable bonds is 12. The van der Waals surface area contributed by atoms with Gasteiger partial charge < -0.3 is 14.2 Å². The van der Waals surface area contributed by atoms with Crippen molar-refractivity contribution in [1.82, 2.24) is 9.47 Å². The van der Waals surface area contributed by atoms with E-state index in [1.54, 1.807) is 0 Å². The van der Waals surface area contributed by atoms with Gasteiger partial charge >= 0.3 is 0 Å². The summed E-state index contributed by atoms with van der Waals surface area (Å²) in [6.07, 6.45) is 14.2. The molecule has 0 unspecified atom stereocenters. The third-order valence-electron chi connectivity index (χ3n) is 5.58. The minimum absolute atomic E-state index is 0.820. The van der Waals surface area contributed by atoms with Gasteiger partial charge in [0.1, 0.15) is 5.75 Å². The average molecular weight is 357 g/mol. The molecule has 1 fully saturated rings. The predicted molar refractivity (Wildman–Crippen MR) is 111 cm³/mol. The molecule has 1 aromatic carbocycles. The molecule has 3 heteroatoms. The van der Waals surface area contributed by atoms with E-state index >= 15 is 0 Å². The number of likely N-dealkylation sites (tertiary alicyclic amines) is 1. The number of hydrogen-bond acceptors (Lipinski definition) is 2. The minimum atomic E-state index is 0.820. The number of aryl methyl sites for hydroxylation is 1. The Morgan fingerprint density at radius 3 is 2.54 bits per heavy atom. The Labute approximate surface area is 159 Å². The molecule has 2 heterocycles. The summed E-state index contributed by atoms with van der Waals surface area (Å²) >= 11 is 0. The van der Waals surface area contributed by atoms with Crippen LogP contribution in [0.2, 0.25) is 0 Å². The predicted octanol–water partition coefficient (Wildman–Crippen LogP) is 5.87. The van der Waals surface area contributed by atoms with E-state index in [-0.39, 0.29) is 0 Å². The summed E-state index contributed by atoms with van der Waals surface area (Å²) in [6.45, 7) is 7.94. The summed E-state index contributed by atoms with van der Waals surface area (Å²) in [6, 6.07) is 8.77. The summed E-state index contributed by atoms with van der Waals surface area (Å²) < 4.78 is 8.42. The summed E-state index contributed by atoms with van der Waals surface area (Å²) in [5.41, 5.74) is 1.32. The molecule has 0 aliphatic carbocycles. The molecule has 2 aromatic rings. The van der Waals surface area contributed by atoms with Crippen LogP contribution in [0, 0.1) is 0 Å². The van der Waals surface area contributed by atoms with E-state index in [9.17, 15) is 0 Å². The molecule has 0 atom stereocenters. The summed E-state index contributed by atoms with van der Waals surface area (Å²) in [5.74, 6) is 1.02. The number of fused-ring (bicyclic) bond motifs is 1. The Morgan fingerprint density at radius 1 is 0.885 bits per heavy atom. The fraction of sp³-hybridized carbons (Fsp3) is 0.652. The van der Waals surface area contributed by atoms with Crippen LogP contribution < -0.4 is 4.74 Å². The van der Waals surface area contributed by atoms with E-state index in [2.05, 4.69) is 46.9 Å². The van der Waals surface area contributed by atoms with Crippen LogP contribution in [0.15, 0.2) is 30.5 Å². The second kappa shape index (κ2) is 10.6. The molecule has 1 aromatic heterocycles. The monoisotopic (exact) mass is 356 g/mol. The van der Waals surface area contributed by atoms with E-state index in [1.165, 1.54) is 81.9 Å². The highest BCUT2D eigenvalue weighted by Crippen LogP contribution is 2.23. The van der Waals surface area contributed by atoms with Gasteiger partial charge in [-0.2, -0.15) is 0 Å². The van der Waals surface area contributed by atoms with E-state index in [0.717, 1.165) is 25.3 Å². The highest BCUT2D eigenvalue weighted by molar-refractivity contribution is 5.81. The number of unbranched alkanes of at least 4 members (excludes halogenated alkanes) is 5. The quantitative estimate of drug-likeness (QED) is 0.443. The van der Waals surface area contributed by atoms with E-state index in [1.807, 2.05) is 0 Å². The van der Waals surface area contributed by atoms with E-state index < -0.39 is 0 Å². The van der Waals surface area contributed by atoms with Gasteiger partial charge in [-0.3, -0.25) is 0 Å². The maximum Gasteiger partial charge on any atom is 0.121 e. The first-order chi connectivity index (χ1) is 12.9. The maximum absolute atomic E-state index is 6.03. The highest BCUT2D eigenvalue weighted by atomic mass is 16.5. The SMILES string of the molecule is CCCCCCCCn1ccc2ccc(OCCCN3CCCC3)cc21. The number of ether oxygens (including phenoxy) is 1. The molecule has 1 aliphatic rings. The van der Waals surface area contributed by atoms with Crippen LogP contribution in [-0.4, -0.2) is 35.7 Å². The lowest BCUT2D eigenvalue weighted by Gasteiger charge is -2.14. The fourth-order valence-corrected chi connectivity index (χ4v) is 4.00. The zero-order chi connectivity index (χ0) is 18.0. The van der Waals surface area contributed by atoms with Gasteiger partial charge in [0.25, 0.3) is 0 Å². The molecule has 0 amide bonds. The first-order valence-electron chi connectivity index (χ1n) is 10.8. The zero-order valence-corrected chi connectivity index (χ0v) is 16.6. The number of hydrogen-bond donors (Lipinski definition) is 0. The second-order valence-corrected chi connectivity index (χ2v) is 7.75. The first kappa shape index (κ1) is 19.3. The molecular weight excluding hydrogens is 320 g/mol. The largest absolute Gasteiger partial charge is 0.493 e. The van der Waals surface area contributed by atoms with Gasteiger partial charge in [-0.05, 0) is 62.4 Å². The van der Waals surface area contributed by atoms with Crippen molar-refractivity contribution in [3.63, 3.8) is 0 Å². The van der Waals surface area contributed by atoms with Gasteiger partial charge in [0.15, 0.2) is 0 Å². The third-order valence-corrected chi connectivity index (χ3v) is 5.58. The van der Waals surface area contributed by atoms with Crippen molar-refractivity contribution in [2.24, 2.45) is 0 Å². The fourth-order valence-electron chi connectivity index (χ4n) is 4.00. The van der Waals surface area contributed by atoms with Crippen molar-refractivity contribution in [2.45, 2.75) is 71.3 Å². The Hall–Kier alpha value is -1.48. The molecule has 0 spiro atoms. The molecule has 1 saturated heterocycles. The van der Waals surface area contributed by atoms with Crippen molar-refractivity contribution in [2.75, 3.05) is 26.2 Å². The van der Waals surface area contributed by atoms with Gasteiger partial charge in [-0.15, -0.1) is 0 Å². The van der Waals surface area contributed by atoms with Crippen LogP contribution >= 0.6 is 0 Å². The molecule has 26 heavy (non-hydrogen) atoms. The molecule has 0 saturated carbocycles. The topological polar surface area (TPSA) is 17.4 Å². The number of benzene rings is 1. The first-order valence-corrected chi connectivity index (χ1v) is 10.8. The lowest BCUT2D eigenvalue weighted by atomic mass is 10.1. The Morgan fingerprint density at radius 2 is 1.69 bits per heavy atom. The summed E-state index contributed by atoms with van der Waals surface area (Å²) in [5, 5.41) is 1.32. The molecule has 1 aliphatic heterocycles. The smallest absolute Gasteiger partial charge is 0.121 e. The summed E-state index contributed by atoms with van der Waals surface area (Å²) in [4.78, 5) is 2.55. The Bertz CT molecular complexity index is 643. The van der Waals surface area contributed by atoms with Crippen LogP contribution in [0.1, 0.15) is 64.7 Å². The average Bonchev–Trinajstić information content (AvgIpc) is 3.31. The van der Waals surface area contributed by atoms with Crippen LogP contribution in [0.5, 0.6) is 5.75 Å². The van der Waals surface area contributed by atoms with Crippen LogP contribution in [-0.2, 0) is 6.54 Å². The normalized spacial score (nSPS) is 15.1. The van der Waals surface area contributed by atoms with Gasteiger partial charge in [-0.1, -0.05) is 39.0 Å². The third kappa shape index (κ3) is 5.77. The molecule has 3 rings (SSSR count). The van der Waals surface area contributed by atoms with Crippen LogP contribution in [0.25, 0.3) is 10.9 Å². The molecule has 0 bridgehead atoms. The Balaban J connectivity index is 1.44. The van der Waals surface area contributed by atoms with Crippen molar-refractivity contribution in [3.8, 4) is 5.75 Å². The standard InChI is InChI=1S/C23H36N2O/c1-2-3-4-5-6-7-17-25-18-13-21-11-12-22(20-23(21)25)26-19-10-16-24-14-8-9-15-24/h11-13,18,20H,2-10,14-17,19H2,1H3. The van der Waals surface area contributed by atoms with Gasteiger partial charge in [-0.25, -0.2) is 0 Å². The van der Waals surface area contributed by atoms with Gasteiger partial charge in [0.05, 0.1) is 12.1 Å². The second-order valence-electron chi connectivity index (χ2n) is 7.75. The lowest BCUT2D eigenvalue weighted by molar-refractivity contribution is 0.263. The van der Waals surface area contributed by atoms with E-state index in [0.29, 0.717) is 0 Å². The van der Waals surface area contributed by atoms with Crippen LogP contribution in [0.3, 0.4) is 0 Å². The molecule has 0 radical (unpaired) electrons. The Kier molecular flexibility index (Phi) is 7.87. The maximum atomic E-state index is 6.03. The van der Waals surface area contributed by atoms with E-state index in [4.69, 9.17) is 4.74 Å². The molecular formula is C23H36N2O. The zero-order valence-electron chi connectivity index (χ0n) is 16.6.